The first-order chi connectivity index (χ1) is 8.57. The lowest BCUT2D eigenvalue weighted by molar-refractivity contribution is -0.0947. The number of aliphatic hydroxyl groups is 1. The van der Waals surface area contributed by atoms with Gasteiger partial charge in [-0.15, -0.1) is 0 Å². The van der Waals surface area contributed by atoms with Gasteiger partial charge in [-0.1, -0.05) is 39.0 Å². The van der Waals surface area contributed by atoms with Gasteiger partial charge in [0.15, 0.2) is 0 Å². The molecule has 0 spiro atoms. The van der Waals surface area contributed by atoms with Gasteiger partial charge >= 0.3 is 0 Å². The summed E-state index contributed by atoms with van der Waals surface area (Å²) in [5, 5.41) is 10.7. The molecular formula is C16H24O2. The van der Waals surface area contributed by atoms with Crippen LogP contribution in [-0.4, -0.2) is 11.7 Å². The van der Waals surface area contributed by atoms with Crippen LogP contribution < -0.4 is 4.74 Å². The van der Waals surface area contributed by atoms with Crippen LogP contribution in [0, 0.1) is 11.8 Å². The zero-order valence-electron chi connectivity index (χ0n) is 11.6. The van der Waals surface area contributed by atoms with Gasteiger partial charge in [-0.2, -0.15) is 0 Å². The van der Waals surface area contributed by atoms with Crippen LogP contribution in [0.4, 0.5) is 0 Å². The highest BCUT2D eigenvalue weighted by Crippen LogP contribution is 2.50. The van der Waals surface area contributed by atoms with Crippen molar-refractivity contribution in [3.8, 4) is 5.75 Å². The van der Waals surface area contributed by atoms with Crippen molar-refractivity contribution in [3.05, 3.63) is 29.8 Å². The molecular weight excluding hydrogens is 224 g/mol. The van der Waals surface area contributed by atoms with Crippen LogP contribution in [0.3, 0.4) is 0 Å². The summed E-state index contributed by atoms with van der Waals surface area (Å²) in [5.41, 5.74) is 0.301. The molecule has 0 unspecified atom stereocenters. The summed E-state index contributed by atoms with van der Waals surface area (Å²) in [7, 11) is 0. The summed E-state index contributed by atoms with van der Waals surface area (Å²) in [5.74, 6) is 2.13. The van der Waals surface area contributed by atoms with E-state index in [1.807, 2.05) is 24.3 Å². The van der Waals surface area contributed by atoms with E-state index in [4.69, 9.17) is 4.74 Å². The summed E-state index contributed by atoms with van der Waals surface area (Å²) < 4.78 is 5.74. The smallest absolute Gasteiger partial charge is 0.125 e. The van der Waals surface area contributed by atoms with Crippen molar-refractivity contribution in [2.24, 2.45) is 11.8 Å². The van der Waals surface area contributed by atoms with E-state index in [0.717, 1.165) is 30.6 Å². The van der Waals surface area contributed by atoms with Crippen molar-refractivity contribution in [1.29, 1.82) is 0 Å². The van der Waals surface area contributed by atoms with Crippen molar-refractivity contribution in [3.63, 3.8) is 0 Å². The second-order valence-corrected chi connectivity index (χ2v) is 5.79. The summed E-state index contributed by atoms with van der Waals surface area (Å²) in [4.78, 5) is 0. The fourth-order valence-electron chi connectivity index (χ4n) is 2.69. The molecule has 1 fully saturated rings. The van der Waals surface area contributed by atoms with E-state index in [0.29, 0.717) is 18.4 Å². The maximum absolute atomic E-state index is 10.7. The van der Waals surface area contributed by atoms with Crippen LogP contribution >= 0.6 is 0 Å². The van der Waals surface area contributed by atoms with E-state index in [9.17, 15) is 5.11 Å². The van der Waals surface area contributed by atoms with Gasteiger partial charge in [0.05, 0.1) is 12.2 Å². The molecule has 1 N–H and O–H groups in total. The number of hydrogen-bond donors (Lipinski definition) is 1. The lowest BCUT2D eigenvalue weighted by Gasteiger charge is -2.46. The molecule has 1 aliphatic rings. The monoisotopic (exact) mass is 248 g/mol. The third-order valence-electron chi connectivity index (χ3n) is 3.99. The molecule has 0 heterocycles. The molecule has 2 nitrogen and oxygen atoms in total. The van der Waals surface area contributed by atoms with Gasteiger partial charge in [-0.25, -0.2) is 0 Å². The molecule has 0 atom stereocenters. The Labute approximate surface area is 110 Å². The molecule has 1 aliphatic carbocycles. The topological polar surface area (TPSA) is 29.5 Å². The molecule has 18 heavy (non-hydrogen) atoms. The zero-order chi connectivity index (χ0) is 13.2. The van der Waals surface area contributed by atoms with Gasteiger partial charge in [-0.05, 0) is 37.2 Å². The largest absolute Gasteiger partial charge is 0.493 e. The lowest BCUT2D eigenvalue weighted by Crippen LogP contribution is -2.43. The molecule has 0 aliphatic heterocycles. The van der Waals surface area contributed by atoms with Crippen LogP contribution in [0.5, 0.6) is 5.75 Å². The number of rotatable bonds is 5. The first-order valence-electron chi connectivity index (χ1n) is 7.01. The highest BCUT2D eigenvalue weighted by atomic mass is 16.5. The van der Waals surface area contributed by atoms with Crippen LogP contribution in [0.15, 0.2) is 24.3 Å². The Morgan fingerprint density at radius 3 is 2.61 bits per heavy atom. The highest BCUT2D eigenvalue weighted by molar-refractivity contribution is 5.39. The highest BCUT2D eigenvalue weighted by Gasteiger charge is 2.46. The molecule has 2 rings (SSSR count). The average molecular weight is 248 g/mol. The number of ether oxygens (including phenoxy) is 1. The Hall–Kier alpha value is -1.02. The third-order valence-corrected chi connectivity index (χ3v) is 3.99. The van der Waals surface area contributed by atoms with Gasteiger partial charge in [-0.3, -0.25) is 0 Å². The van der Waals surface area contributed by atoms with Crippen molar-refractivity contribution >= 4 is 0 Å². The summed E-state index contributed by atoms with van der Waals surface area (Å²) in [6.45, 7) is 7.25. The van der Waals surface area contributed by atoms with Gasteiger partial charge in [0, 0.05) is 5.56 Å². The Morgan fingerprint density at radius 2 is 2.00 bits per heavy atom. The molecule has 0 aromatic heterocycles. The van der Waals surface area contributed by atoms with Crippen molar-refractivity contribution in [2.45, 2.75) is 45.6 Å². The molecule has 1 aromatic carbocycles. The SMILES string of the molecule is CCCOc1ccccc1C1(O)CC(C(C)C)C1. The molecule has 1 aromatic rings. The molecule has 100 valence electrons. The average Bonchev–Trinajstić information content (AvgIpc) is 2.32. The van der Waals surface area contributed by atoms with E-state index in [1.54, 1.807) is 0 Å². The summed E-state index contributed by atoms with van der Waals surface area (Å²) >= 11 is 0. The summed E-state index contributed by atoms with van der Waals surface area (Å²) in [6.07, 6.45) is 2.70. The number of hydrogen-bond acceptors (Lipinski definition) is 2. The number of para-hydroxylation sites is 1. The van der Waals surface area contributed by atoms with E-state index in [1.165, 1.54) is 0 Å². The van der Waals surface area contributed by atoms with E-state index < -0.39 is 5.60 Å². The Bertz CT molecular complexity index is 392. The maximum Gasteiger partial charge on any atom is 0.125 e. The van der Waals surface area contributed by atoms with Crippen LogP contribution in [0.25, 0.3) is 0 Å². The predicted molar refractivity (Wildman–Crippen MR) is 73.7 cm³/mol. The van der Waals surface area contributed by atoms with Crippen LogP contribution in [-0.2, 0) is 5.60 Å². The van der Waals surface area contributed by atoms with Gasteiger partial charge in [0.2, 0.25) is 0 Å². The summed E-state index contributed by atoms with van der Waals surface area (Å²) in [6, 6.07) is 7.92. The first kappa shape index (κ1) is 13.4. The second-order valence-electron chi connectivity index (χ2n) is 5.79. The third kappa shape index (κ3) is 2.54. The molecule has 1 saturated carbocycles. The molecule has 0 radical (unpaired) electrons. The quantitative estimate of drug-likeness (QED) is 0.860. The maximum atomic E-state index is 10.7. The lowest BCUT2D eigenvalue weighted by atomic mass is 9.63. The fourth-order valence-corrected chi connectivity index (χ4v) is 2.69. The zero-order valence-corrected chi connectivity index (χ0v) is 11.6. The Balaban J connectivity index is 2.13. The minimum Gasteiger partial charge on any atom is -0.493 e. The standard InChI is InChI=1S/C16H24O2/c1-4-9-18-15-8-6-5-7-14(15)16(17)10-13(11-16)12(2)3/h5-8,12-13,17H,4,9-11H2,1-3H3. The van der Waals surface area contributed by atoms with E-state index in [-0.39, 0.29) is 0 Å². The molecule has 0 saturated heterocycles. The van der Waals surface area contributed by atoms with Gasteiger partial charge in [0.25, 0.3) is 0 Å². The predicted octanol–water partition coefficient (Wildman–Crippen LogP) is 3.73. The van der Waals surface area contributed by atoms with Gasteiger partial charge in [0.1, 0.15) is 5.75 Å². The first-order valence-corrected chi connectivity index (χ1v) is 7.01. The van der Waals surface area contributed by atoms with Crippen molar-refractivity contribution in [1.82, 2.24) is 0 Å². The van der Waals surface area contributed by atoms with Gasteiger partial charge < -0.3 is 9.84 Å². The second kappa shape index (κ2) is 5.31. The van der Waals surface area contributed by atoms with Crippen molar-refractivity contribution in [2.75, 3.05) is 6.61 Å². The molecule has 2 heteroatoms. The minimum absolute atomic E-state index is 0.634. The normalized spacial score (nSPS) is 27.1. The van der Waals surface area contributed by atoms with E-state index in [2.05, 4.69) is 20.8 Å². The van der Waals surface area contributed by atoms with Crippen molar-refractivity contribution < 1.29 is 9.84 Å². The fraction of sp³-hybridized carbons (Fsp3) is 0.625. The van der Waals surface area contributed by atoms with Crippen LogP contribution in [0.1, 0.15) is 45.6 Å². The van der Waals surface area contributed by atoms with E-state index >= 15 is 0 Å². The van der Waals surface area contributed by atoms with Crippen LogP contribution in [0.2, 0.25) is 0 Å². The minimum atomic E-state index is -0.667. The Kier molecular flexibility index (Phi) is 3.96. The number of benzene rings is 1. The molecule has 0 bridgehead atoms. The molecule has 0 amide bonds. The Morgan fingerprint density at radius 1 is 1.33 bits per heavy atom.